The molecule has 8 heteroatoms. The maximum Gasteiger partial charge on any atom is 0.349 e. The van der Waals surface area contributed by atoms with E-state index >= 15 is 0 Å². The second-order valence-corrected chi connectivity index (χ2v) is 6.06. The molecule has 0 aliphatic rings. The van der Waals surface area contributed by atoms with Crippen LogP contribution in [0.3, 0.4) is 0 Å². The summed E-state index contributed by atoms with van der Waals surface area (Å²) in [7, 11) is 0. The van der Waals surface area contributed by atoms with Crippen molar-refractivity contribution in [2.45, 2.75) is 6.61 Å². The smallest absolute Gasteiger partial charge is 0.349 e. The van der Waals surface area contributed by atoms with Crippen LogP contribution in [0.25, 0.3) is 10.4 Å². The number of benzene rings is 1. The molecule has 0 atom stereocenters. The highest BCUT2D eigenvalue weighted by atomic mass is 79.9. The molecular formula is C14H11BrO6S. The molecule has 0 spiro atoms. The Bertz CT molecular complexity index is 707. The number of aromatic carboxylic acids is 1. The van der Waals surface area contributed by atoms with E-state index in [0.717, 1.165) is 22.5 Å². The lowest BCUT2D eigenvalue weighted by atomic mass is 10.1. The van der Waals surface area contributed by atoms with Crippen LogP contribution in [0.15, 0.2) is 28.7 Å². The lowest BCUT2D eigenvalue weighted by Crippen LogP contribution is -2.11. The number of ether oxygens (including phenoxy) is 1. The maximum absolute atomic E-state index is 11.3. The number of carbonyl (C=O) groups is 2. The van der Waals surface area contributed by atoms with Gasteiger partial charge in [-0.1, -0.05) is 24.3 Å². The number of thiophene rings is 1. The predicted molar refractivity (Wildman–Crippen MR) is 83.5 cm³/mol. The lowest BCUT2D eigenvalue weighted by molar-refractivity contribution is -0.139. The van der Waals surface area contributed by atoms with Crippen molar-refractivity contribution in [3.8, 4) is 16.2 Å². The fraction of sp³-hybridized carbons (Fsp3) is 0.143. The molecule has 1 aromatic carbocycles. The van der Waals surface area contributed by atoms with E-state index in [1.165, 1.54) is 0 Å². The molecule has 6 nitrogen and oxygen atoms in total. The third-order valence-corrected chi connectivity index (χ3v) is 4.97. The highest BCUT2D eigenvalue weighted by molar-refractivity contribution is 9.10. The van der Waals surface area contributed by atoms with Gasteiger partial charge in [0.1, 0.15) is 0 Å². The highest BCUT2D eigenvalue weighted by Gasteiger charge is 2.24. The zero-order chi connectivity index (χ0) is 16.3. The van der Waals surface area contributed by atoms with E-state index in [1.54, 1.807) is 24.3 Å². The van der Waals surface area contributed by atoms with Crippen molar-refractivity contribution >= 4 is 39.2 Å². The van der Waals surface area contributed by atoms with Gasteiger partial charge in [-0.05, 0) is 27.1 Å². The van der Waals surface area contributed by atoms with Gasteiger partial charge in [-0.3, -0.25) is 0 Å². The number of rotatable bonds is 6. The molecule has 22 heavy (non-hydrogen) atoms. The third-order valence-electron chi connectivity index (χ3n) is 2.74. The first kappa shape index (κ1) is 16.5. The van der Waals surface area contributed by atoms with E-state index < -0.39 is 18.5 Å². The molecule has 1 aromatic heterocycles. The quantitative estimate of drug-likeness (QED) is 0.704. The highest BCUT2D eigenvalue weighted by Crippen LogP contribution is 2.45. The molecule has 3 N–H and O–H groups in total. The number of aliphatic hydroxyl groups excluding tert-OH is 1. The molecule has 116 valence electrons. The van der Waals surface area contributed by atoms with Crippen LogP contribution >= 0.6 is 27.3 Å². The Labute approximate surface area is 137 Å². The van der Waals surface area contributed by atoms with Crippen molar-refractivity contribution in [1.82, 2.24) is 0 Å². The van der Waals surface area contributed by atoms with Gasteiger partial charge in [0.2, 0.25) is 0 Å². The van der Waals surface area contributed by atoms with E-state index in [2.05, 4.69) is 15.9 Å². The molecule has 0 aliphatic carbocycles. The van der Waals surface area contributed by atoms with Crippen LogP contribution in [0.4, 0.5) is 0 Å². The Morgan fingerprint density at radius 1 is 1.18 bits per heavy atom. The Morgan fingerprint density at radius 3 is 2.32 bits per heavy atom. The number of carboxylic acids is 2. The van der Waals surface area contributed by atoms with Gasteiger partial charge in [0.15, 0.2) is 17.2 Å². The van der Waals surface area contributed by atoms with Crippen molar-refractivity contribution in [3.05, 3.63) is 39.2 Å². The van der Waals surface area contributed by atoms with Gasteiger partial charge in [0.05, 0.1) is 16.0 Å². The molecule has 0 saturated heterocycles. The van der Waals surface area contributed by atoms with E-state index in [4.69, 9.17) is 14.9 Å². The second-order valence-electron chi connectivity index (χ2n) is 4.25. The fourth-order valence-corrected chi connectivity index (χ4v) is 3.64. The number of hydrogen-bond donors (Lipinski definition) is 3. The summed E-state index contributed by atoms with van der Waals surface area (Å²) in [4.78, 5) is 22.4. The van der Waals surface area contributed by atoms with Crippen LogP contribution < -0.4 is 4.74 Å². The Morgan fingerprint density at radius 2 is 1.82 bits per heavy atom. The summed E-state index contributed by atoms with van der Waals surface area (Å²) in [6, 6.07) is 6.93. The molecule has 1 heterocycles. The first-order valence-electron chi connectivity index (χ1n) is 6.04. The molecule has 0 fully saturated rings. The summed E-state index contributed by atoms with van der Waals surface area (Å²) in [5, 5.41) is 26.9. The van der Waals surface area contributed by atoms with Crippen molar-refractivity contribution in [2.75, 3.05) is 6.61 Å². The standard InChI is InChI=1S/C14H11BrO6S/c15-10-11(21-6-9(17)18)13(14(19)20)22-12(10)8-3-1-7(5-16)2-4-8/h1-4,16H,5-6H2,(H,17,18)(H,19,20). The molecule has 0 saturated carbocycles. The Kier molecular flexibility index (Phi) is 5.17. The van der Waals surface area contributed by atoms with Gasteiger partial charge >= 0.3 is 11.9 Å². The largest absolute Gasteiger partial charge is 0.479 e. The predicted octanol–water partition coefficient (Wildman–Crippen LogP) is 2.83. The van der Waals surface area contributed by atoms with Gasteiger partial charge in [0.25, 0.3) is 0 Å². The fourth-order valence-electron chi connectivity index (χ4n) is 1.75. The summed E-state index contributed by atoms with van der Waals surface area (Å²) >= 11 is 4.26. The first-order chi connectivity index (χ1) is 10.4. The second kappa shape index (κ2) is 6.91. The minimum atomic E-state index is -1.19. The number of aliphatic carboxylic acids is 1. The van der Waals surface area contributed by atoms with Crippen molar-refractivity contribution in [1.29, 1.82) is 0 Å². The number of hydrogen-bond acceptors (Lipinski definition) is 5. The topological polar surface area (TPSA) is 104 Å². The van der Waals surface area contributed by atoms with Gasteiger partial charge in [-0.15, -0.1) is 11.3 Å². The van der Waals surface area contributed by atoms with Crippen LogP contribution in [0.2, 0.25) is 0 Å². The molecule has 0 bridgehead atoms. The molecular weight excluding hydrogens is 376 g/mol. The summed E-state index contributed by atoms with van der Waals surface area (Å²) < 4.78 is 5.48. The minimum Gasteiger partial charge on any atom is -0.479 e. The third kappa shape index (κ3) is 3.46. The summed E-state index contributed by atoms with van der Waals surface area (Å²) in [5.41, 5.74) is 1.47. The van der Waals surface area contributed by atoms with Crippen molar-refractivity contribution in [3.63, 3.8) is 0 Å². The molecule has 0 aliphatic heterocycles. The van der Waals surface area contributed by atoms with Crippen LogP contribution in [0.1, 0.15) is 15.2 Å². The summed E-state index contributed by atoms with van der Waals surface area (Å²) in [6.45, 7) is -0.711. The Hall–Kier alpha value is -1.90. The first-order valence-corrected chi connectivity index (χ1v) is 7.65. The van der Waals surface area contributed by atoms with E-state index in [1.807, 2.05) is 0 Å². The zero-order valence-electron chi connectivity index (χ0n) is 11.1. The van der Waals surface area contributed by atoms with Crippen LogP contribution in [0, 0.1) is 0 Å². The maximum atomic E-state index is 11.3. The lowest BCUT2D eigenvalue weighted by Gasteiger charge is -2.04. The van der Waals surface area contributed by atoms with Crippen LogP contribution in [-0.4, -0.2) is 33.9 Å². The minimum absolute atomic E-state index is 0.00105. The van der Waals surface area contributed by atoms with E-state index in [-0.39, 0.29) is 17.2 Å². The van der Waals surface area contributed by atoms with E-state index in [0.29, 0.717) is 9.35 Å². The van der Waals surface area contributed by atoms with Crippen LogP contribution in [0.5, 0.6) is 5.75 Å². The number of halogens is 1. The molecule has 0 unspecified atom stereocenters. The van der Waals surface area contributed by atoms with Gasteiger partial charge < -0.3 is 20.1 Å². The number of aliphatic hydroxyl groups is 1. The van der Waals surface area contributed by atoms with Crippen LogP contribution in [-0.2, 0) is 11.4 Å². The van der Waals surface area contributed by atoms with Gasteiger partial charge in [-0.25, -0.2) is 9.59 Å². The normalized spacial score (nSPS) is 10.5. The summed E-state index contributed by atoms with van der Waals surface area (Å²) in [6.07, 6.45) is 0. The van der Waals surface area contributed by atoms with Gasteiger partial charge in [0, 0.05) is 0 Å². The molecule has 2 rings (SSSR count). The zero-order valence-corrected chi connectivity index (χ0v) is 13.5. The SMILES string of the molecule is O=C(O)COc1c(C(=O)O)sc(-c2ccc(CO)cc2)c1Br. The summed E-state index contributed by atoms with van der Waals surface area (Å²) in [5.74, 6) is -2.38. The average molecular weight is 387 g/mol. The number of carboxylic acid groups (broad SMARTS) is 2. The average Bonchev–Trinajstić information content (AvgIpc) is 2.82. The van der Waals surface area contributed by atoms with Gasteiger partial charge in [-0.2, -0.15) is 0 Å². The molecule has 0 amide bonds. The van der Waals surface area contributed by atoms with Crippen molar-refractivity contribution < 1.29 is 29.6 Å². The molecule has 2 aromatic rings. The monoisotopic (exact) mass is 386 g/mol. The van der Waals surface area contributed by atoms with Crippen molar-refractivity contribution in [2.24, 2.45) is 0 Å². The van der Waals surface area contributed by atoms with E-state index in [9.17, 15) is 14.7 Å². The molecule has 0 radical (unpaired) electrons. The Balaban J connectivity index is 2.45.